The fraction of sp³-hybridized carbons (Fsp3) is 0.263. The molecule has 0 aromatic heterocycles. The highest BCUT2D eigenvalue weighted by Gasteiger charge is 2.45. The number of hydrogen-bond donors (Lipinski definition) is 1. The van der Waals surface area contributed by atoms with Crippen molar-refractivity contribution in [3.63, 3.8) is 0 Å². The van der Waals surface area contributed by atoms with E-state index in [0.717, 1.165) is 18.4 Å². The van der Waals surface area contributed by atoms with E-state index in [9.17, 15) is 10.1 Å². The minimum absolute atomic E-state index is 0.0476. The topological polar surface area (TPSA) is 52.9 Å². The van der Waals surface area contributed by atoms with E-state index >= 15 is 0 Å². The van der Waals surface area contributed by atoms with Crippen LogP contribution >= 0.6 is 0 Å². The molecule has 0 unspecified atom stereocenters. The quantitative estimate of drug-likeness (QED) is 0.938. The number of carbonyl (C=O) groups is 1. The summed E-state index contributed by atoms with van der Waals surface area (Å²) in [4.78, 5) is 12.5. The number of nitrogens with zero attached hydrogens (tertiary/aromatic N) is 1. The van der Waals surface area contributed by atoms with Crippen molar-refractivity contribution in [1.82, 2.24) is 5.32 Å². The summed E-state index contributed by atoms with van der Waals surface area (Å²) in [5, 5.41) is 12.8. The Balaban J connectivity index is 1.88. The second kappa shape index (κ2) is 6.03. The van der Waals surface area contributed by atoms with E-state index in [2.05, 4.69) is 11.4 Å². The SMILES string of the molecule is N#C[C@@]1(NC(=O)c2ccccc2)CCC[C@@H]1c1ccccc1. The largest absolute Gasteiger partial charge is 0.333 e. The molecule has 0 saturated heterocycles. The van der Waals surface area contributed by atoms with Gasteiger partial charge in [0.1, 0.15) is 5.54 Å². The Labute approximate surface area is 130 Å². The van der Waals surface area contributed by atoms with Gasteiger partial charge in [0.15, 0.2) is 0 Å². The molecule has 0 radical (unpaired) electrons. The molecule has 2 aromatic carbocycles. The summed E-state index contributed by atoms with van der Waals surface area (Å²) >= 11 is 0. The van der Waals surface area contributed by atoms with Gasteiger partial charge in [0.2, 0.25) is 0 Å². The number of nitriles is 1. The fourth-order valence-corrected chi connectivity index (χ4v) is 3.32. The van der Waals surface area contributed by atoms with Crippen molar-refractivity contribution in [3.05, 3.63) is 71.8 Å². The van der Waals surface area contributed by atoms with Gasteiger partial charge in [0, 0.05) is 11.5 Å². The van der Waals surface area contributed by atoms with E-state index in [-0.39, 0.29) is 11.8 Å². The van der Waals surface area contributed by atoms with Gasteiger partial charge in [-0.15, -0.1) is 0 Å². The standard InChI is InChI=1S/C19H18N2O/c20-14-19(21-18(22)16-10-5-2-6-11-16)13-7-12-17(19)15-8-3-1-4-9-15/h1-6,8-11,17H,7,12-13H2,(H,21,22)/t17-,19+/m1/s1. The first-order valence-electron chi connectivity index (χ1n) is 7.59. The number of carbonyl (C=O) groups excluding carboxylic acids is 1. The summed E-state index contributed by atoms with van der Waals surface area (Å²) in [6.07, 6.45) is 2.57. The van der Waals surface area contributed by atoms with Crippen molar-refractivity contribution in [2.75, 3.05) is 0 Å². The average Bonchev–Trinajstić information content (AvgIpc) is 3.00. The lowest BCUT2D eigenvalue weighted by atomic mass is 9.82. The average molecular weight is 290 g/mol. The van der Waals surface area contributed by atoms with Crippen molar-refractivity contribution < 1.29 is 4.79 Å². The minimum atomic E-state index is -0.811. The molecule has 1 saturated carbocycles. The first-order valence-corrected chi connectivity index (χ1v) is 7.59. The summed E-state index contributed by atoms with van der Waals surface area (Å²) in [5.74, 6) is -0.128. The van der Waals surface area contributed by atoms with Crippen LogP contribution in [0.2, 0.25) is 0 Å². The third-order valence-electron chi connectivity index (χ3n) is 4.43. The van der Waals surface area contributed by atoms with Gasteiger partial charge in [-0.25, -0.2) is 0 Å². The van der Waals surface area contributed by atoms with Gasteiger partial charge in [-0.2, -0.15) is 5.26 Å². The molecule has 2 aromatic rings. The summed E-state index contributed by atoms with van der Waals surface area (Å²) in [7, 11) is 0. The van der Waals surface area contributed by atoms with Crippen LogP contribution in [-0.4, -0.2) is 11.4 Å². The molecule has 3 rings (SSSR count). The van der Waals surface area contributed by atoms with Gasteiger partial charge in [-0.3, -0.25) is 4.79 Å². The van der Waals surface area contributed by atoms with E-state index in [1.54, 1.807) is 12.1 Å². The first-order chi connectivity index (χ1) is 10.7. The molecular weight excluding hydrogens is 272 g/mol. The number of nitrogens with one attached hydrogen (secondary N) is 1. The Bertz CT molecular complexity index is 690. The van der Waals surface area contributed by atoms with Gasteiger partial charge in [0.05, 0.1) is 6.07 Å². The van der Waals surface area contributed by atoms with E-state index in [4.69, 9.17) is 0 Å². The van der Waals surface area contributed by atoms with Crippen LogP contribution in [0.15, 0.2) is 60.7 Å². The molecular formula is C19H18N2O. The number of hydrogen-bond acceptors (Lipinski definition) is 2. The van der Waals surface area contributed by atoms with Crippen molar-refractivity contribution in [2.24, 2.45) is 0 Å². The zero-order chi connectivity index (χ0) is 15.4. The maximum Gasteiger partial charge on any atom is 0.252 e. The van der Waals surface area contributed by atoms with Crippen molar-refractivity contribution in [2.45, 2.75) is 30.7 Å². The predicted molar refractivity (Wildman–Crippen MR) is 85.3 cm³/mol. The van der Waals surface area contributed by atoms with Crippen molar-refractivity contribution in [3.8, 4) is 6.07 Å². The van der Waals surface area contributed by atoms with Crippen molar-refractivity contribution >= 4 is 5.91 Å². The van der Waals surface area contributed by atoms with E-state index in [0.29, 0.717) is 12.0 Å². The van der Waals surface area contributed by atoms with Crippen LogP contribution in [0.4, 0.5) is 0 Å². The molecule has 0 heterocycles. The highest BCUT2D eigenvalue weighted by Crippen LogP contribution is 2.42. The molecule has 1 aliphatic rings. The van der Waals surface area contributed by atoms with Crippen molar-refractivity contribution in [1.29, 1.82) is 5.26 Å². The minimum Gasteiger partial charge on any atom is -0.333 e. The molecule has 1 aliphatic carbocycles. The first kappa shape index (κ1) is 14.3. The third kappa shape index (κ3) is 2.60. The highest BCUT2D eigenvalue weighted by molar-refractivity contribution is 5.95. The normalized spacial score (nSPS) is 23.7. The lowest BCUT2D eigenvalue weighted by molar-refractivity contribution is 0.0915. The smallest absolute Gasteiger partial charge is 0.252 e. The zero-order valence-corrected chi connectivity index (χ0v) is 12.3. The molecule has 3 nitrogen and oxygen atoms in total. The Kier molecular flexibility index (Phi) is 3.93. The van der Waals surface area contributed by atoms with Gasteiger partial charge in [-0.05, 0) is 37.0 Å². The maximum atomic E-state index is 12.5. The lowest BCUT2D eigenvalue weighted by Gasteiger charge is -2.30. The van der Waals surface area contributed by atoms with E-state index in [1.807, 2.05) is 48.5 Å². The Hall–Kier alpha value is -2.60. The number of rotatable bonds is 3. The zero-order valence-electron chi connectivity index (χ0n) is 12.3. The Morgan fingerprint density at radius 1 is 1.09 bits per heavy atom. The Morgan fingerprint density at radius 2 is 1.73 bits per heavy atom. The number of benzene rings is 2. The van der Waals surface area contributed by atoms with Crippen LogP contribution in [0.1, 0.15) is 41.1 Å². The molecule has 1 N–H and O–H groups in total. The van der Waals surface area contributed by atoms with Crippen LogP contribution in [0.25, 0.3) is 0 Å². The summed E-state index contributed by atoms with van der Waals surface area (Å²) in [5.41, 5.74) is 0.902. The summed E-state index contributed by atoms with van der Waals surface area (Å²) < 4.78 is 0. The van der Waals surface area contributed by atoms with Gasteiger partial charge >= 0.3 is 0 Å². The third-order valence-corrected chi connectivity index (χ3v) is 4.43. The Morgan fingerprint density at radius 3 is 2.36 bits per heavy atom. The van der Waals surface area contributed by atoms with Crippen LogP contribution in [0.3, 0.4) is 0 Å². The molecule has 0 aliphatic heterocycles. The van der Waals surface area contributed by atoms with Crippen LogP contribution in [-0.2, 0) is 0 Å². The van der Waals surface area contributed by atoms with Gasteiger partial charge in [-0.1, -0.05) is 48.5 Å². The van der Waals surface area contributed by atoms with E-state index in [1.165, 1.54) is 0 Å². The van der Waals surface area contributed by atoms with Crippen LogP contribution in [0, 0.1) is 11.3 Å². The second-order valence-corrected chi connectivity index (χ2v) is 5.76. The van der Waals surface area contributed by atoms with Crippen LogP contribution in [0.5, 0.6) is 0 Å². The molecule has 22 heavy (non-hydrogen) atoms. The fourth-order valence-electron chi connectivity index (χ4n) is 3.32. The number of amides is 1. The van der Waals surface area contributed by atoms with E-state index < -0.39 is 5.54 Å². The molecule has 0 bridgehead atoms. The predicted octanol–water partition coefficient (Wildman–Crippen LogP) is 3.65. The molecule has 2 atom stereocenters. The maximum absolute atomic E-state index is 12.5. The molecule has 3 heteroatoms. The molecule has 110 valence electrons. The molecule has 1 amide bonds. The van der Waals surface area contributed by atoms with Gasteiger partial charge in [0.25, 0.3) is 5.91 Å². The molecule has 1 fully saturated rings. The summed E-state index contributed by atoms with van der Waals surface area (Å²) in [6.45, 7) is 0. The summed E-state index contributed by atoms with van der Waals surface area (Å²) in [6, 6.07) is 21.5. The van der Waals surface area contributed by atoms with Gasteiger partial charge < -0.3 is 5.32 Å². The molecule has 0 spiro atoms. The monoisotopic (exact) mass is 290 g/mol. The lowest BCUT2D eigenvalue weighted by Crippen LogP contribution is -2.49. The second-order valence-electron chi connectivity index (χ2n) is 5.76. The highest BCUT2D eigenvalue weighted by atomic mass is 16.1. The van der Waals surface area contributed by atoms with Crippen LogP contribution < -0.4 is 5.32 Å².